The maximum atomic E-state index is 12.4. The van der Waals surface area contributed by atoms with Crippen LogP contribution in [0.1, 0.15) is 103 Å². The SMILES string of the molecule is CCCCCC[C@H](CCCCCCCCCCC(=O)Oc1ccc(N)cc1)OC(=O)COCC(=O)Oc1ccc(N)cc1. The molecular weight excluding hydrogens is 548 g/mol. The van der Waals surface area contributed by atoms with Crippen LogP contribution in [0.3, 0.4) is 0 Å². The Labute approximate surface area is 256 Å². The Bertz CT molecular complexity index is 1060. The van der Waals surface area contributed by atoms with E-state index in [0.717, 1.165) is 83.5 Å². The number of rotatable bonds is 23. The lowest BCUT2D eigenvalue weighted by molar-refractivity contribution is -0.157. The molecular formula is C34H50N2O7. The zero-order chi connectivity index (χ0) is 31.1. The molecule has 0 saturated carbocycles. The van der Waals surface area contributed by atoms with E-state index in [0.29, 0.717) is 29.3 Å². The highest BCUT2D eigenvalue weighted by molar-refractivity contribution is 5.75. The minimum absolute atomic E-state index is 0.136. The molecule has 0 fully saturated rings. The Kier molecular flexibility index (Phi) is 18.2. The maximum Gasteiger partial charge on any atom is 0.337 e. The molecule has 2 aromatic rings. The number of hydrogen-bond donors (Lipinski definition) is 2. The highest BCUT2D eigenvalue weighted by Gasteiger charge is 2.15. The zero-order valence-corrected chi connectivity index (χ0v) is 25.7. The fraction of sp³-hybridized carbons (Fsp3) is 0.559. The first-order valence-corrected chi connectivity index (χ1v) is 15.8. The molecule has 4 N–H and O–H groups in total. The molecule has 0 aromatic heterocycles. The van der Waals surface area contributed by atoms with Gasteiger partial charge in [-0.1, -0.05) is 64.7 Å². The van der Waals surface area contributed by atoms with Crippen LogP contribution in [-0.4, -0.2) is 37.2 Å². The van der Waals surface area contributed by atoms with Gasteiger partial charge in [0.15, 0.2) is 0 Å². The van der Waals surface area contributed by atoms with Crippen LogP contribution < -0.4 is 20.9 Å². The number of nitrogens with two attached hydrogens (primary N) is 2. The molecule has 0 aliphatic heterocycles. The van der Waals surface area contributed by atoms with E-state index in [2.05, 4.69) is 6.92 Å². The number of nitrogen functional groups attached to an aromatic ring is 2. The summed E-state index contributed by atoms with van der Waals surface area (Å²) in [5.74, 6) is -0.370. The van der Waals surface area contributed by atoms with Crippen LogP contribution in [0.2, 0.25) is 0 Å². The van der Waals surface area contributed by atoms with Crippen LogP contribution in [0.15, 0.2) is 48.5 Å². The molecule has 0 amide bonds. The predicted molar refractivity (Wildman–Crippen MR) is 169 cm³/mol. The fourth-order valence-corrected chi connectivity index (χ4v) is 4.62. The Balaban J connectivity index is 1.53. The lowest BCUT2D eigenvalue weighted by Crippen LogP contribution is -2.24. The average Bonchev–Trinajstić information content (AvgIpc) is 2.98. The highest BCUT2D eigenvalue weighted by atomic mass is 16.6. The van der Waals surface area contributed by atoms with Crippen molar-refractivity contribution in [3.05, 3.63) is 48.5 Å². The quantitative estimate of drug-likeness (QED) is 0.0590. The summed E-state index contributed by atoms with van der Waals surface area (Å²) in [4.78, 5) is 36.3. The average molecular weight is 599 g/mol. The van der Waals surface area contributed by atoms with Crippen molar-refractivity contribution >= 4 is 29.3 Å². The molecule has 9 nitrogen and oxygen atoms in total. The van der Waals surface area contributed by atoms with Crippen molar-refractivity contribution in [2.45, 2.75) is 109 Å². The second kappa shape index (κ2) is 22.0. The molecule has 0 heterocycles. The lowest BCUT2D eigenvalue weighted by atomic mass is 10.0. The van der Waals surface area contributed by atoms with Crippen molar-refractivity contribution in [1.29, 1.82) is 0 Å². The Morgan fingerprint density at radius 3 is 1.56 bits per heavy atom. The summed E-state index contributed by atoms with van der Waals surface area (Å²) >= 11 is 0. The van der Waals surface area contributed by atoms with Crippen LogP contribution >= 0.6 is 0 Å². The second-order valence-electron chi connectivity index (χ2n) is 10.9. The molecule has 0 radical (unpaired) electrons. The van der Waals surface area contributed by atoms with E-state index < -0.39 is 11.9 Å². The summed E-state index contributed by atoms with van der Waals surface area (Å²) in [5.41, 5.74) is 12.5. The third kappa shape index (κ3) is 17.9. The zero-order valence-electron chi connectivity index (χ0n) is 25.7. The van der Waals surface area contributed by atoms with Gasteiger partial charge in [-0.15, -0.1) is 0 Å². The minimum atomic E-state index is -0.592. The number of carbonyl (C=O) groups is 3. The molecule has 0 spiro atoms. The van der Waals surface area contributed by atoms with Crippen molar-refractivity contribution in [2.24, 2.45) is 0 Å². The number of anilines is 2. The molecule has 1 atom stereocenters. The topological polar surface area (TPSA) is 140 Å². The van der Waals surface area contributed by atoms with Gasteiger partial charge in [0, 0.05) is 17.8 Å². The van der Waals surface area contributed by atoms with Gasteiger partial charge in [-0.05, 0) is 80.6 Å². The van der Waals surface area contributed by atoms with Gasteiger partial charge in [0.2, 0.25) is 0 Å². The summed E-state index contributed by atoms with van der Waals surface area (Å²) in [6.45, 7) is 1.54. The molecule has 0 saturated heterocycles. The predicted octanol–water partition coefficient (Wildman–Crippen LogP) is 7.16. The van der Waals surface area contributed by atoms with Crippen LogP contribution in [-0.2, 0) is 23.9 Å². The van der Waals surface area contributed by atoms with Crippen LogP contribution in [0.4, 0.5) is 11.4 Å². The van der Waals surface area contributed by atoms with Gasteiger partial charge in [0.05, 0.1) is 0 Å². The second-order valence-corrected chi connectivity index (χ2v) is 10.9. The summed E-state index contributed by atoms with van der Waals surface area (Å²) in [6.07, 6.45) is 14.9. The summed E-state index contributed by atoms with van der Waals surface area (Å²) in [7, 11) is 0. The largest absolute Gasteiger partial charge is 0.461 e. The maximum absolute atomic E-state index is 12.4. The van der Waals surface area contributed by atoms with E-state index in [-0.39, 0.29) is 25.3 Å². The number of ether oxygens (including phenoxy) is 4. The number of unbranched alkanes of at least 4 members (excludes halogenated alkanes) is 10. The normalized spacial score (nSPS) is 11.6. The smallest absolute Gasteiger partial charge is 0.337 e. The first-order chi connectivity index (χ1) is 20.9. The molecule has 0 unspecified atom stereocenters. The molecule has 0 aliphatic rings. The van der Waals surface area contributed by atoms with Gasteiger partial charge < -0.3 is 30.4 Å². The van der Waals surface area contributed by atoms with E-state index in [1.807, 2.05) is 0 Å². The minimum Gasteiger partial charge on any atom is -0.461 e. The number of esters is 3. The van der Waals surface area contributed by atoms with Gasteiger partial charge in [-0.25, -0.2) is 9.59 Å². The monoisotopic (exact) mass is 598 g/mol. The Hall–Kier alpha value is -3.59. The summed E-state index contributed by atoms with van der Waals surface area (Å²) in [5, 5.41) is 0. The Morgan fingerprint density at radius 1 is 0.581 bits per heavy atom. The van der Waals surface area contributed by atoms with E-state index in [1.165, 1.54) is 6.42 Å². The molecule has 43 heavy (non-hydrogen) atoms. The number of benzene rings is 2. The first-order valence-electron chi connectivity index (χ1n) is 15.8. The van der Waals surface area contributed by atoms with Crippen molar-refractivity contribution in [3.63, 3.8) is 0 Å². The number of hydrogen-bond acceptors (Lipinski definition) is 9. The van der Waals surface area contributed by atoms with Crippen molar-refractivity contribution in [3.8, 4) is 11.5 Å². The van der Waals surface area contributed by atoms with Gasteiger partial charge in [-0.3, -0.25) is 4.79 Å². The van der Waals surface area contributed by atoms with Crippen molar-refractivity contribution in [2.75, 3.05) is 24.7 Å². The van der Waals surface area contributed by atoms with E-state index in [4.69, 9.17) is 30.4 Å². The van der Waals surface area contributed by atoms with Crippen LogP contribution in [0.5, 0.6) is 11.5 Å². The Morgan fingerprint density at radius 2 is 1.02 bits per heavy atom. The molecule has 2 rings (SSSR count). The van der Waals surface area contributed by atoms with Gasteiger partial charge >= 0.3 is 17.9 Å². The fourth-order valence-electron chi connectivity index (χ4n) is 4.62. The van der Waals surface area contributed by atoms with Gasteiger partial charge in [0.25, 0.3) is 0 Å². The molecule has 238 valence electrons. The number of carbonyl (C=O) groups excluding carboxylic acids is 3. The highest BCUT2D eigenvalue weighted by Crippen LogP contribution is 2.18. The molecule has 9 heteroatoms. The molecule has 2 aromatic carbocycles. The van der Waals surface area contributed by atoms with Gasteiger partial charge in [-0.2, -0.15) is 0 Å². The third-order valence-corrected chi connectivity index (χ3v) is 7.00. The van der Waals surface area contributed by atoms with Crippen LogP contribution in [0, 0.1) is 0 Å². The van der Waals surface area contributed by atoms with E-state index >= 15 is 0 Å². The molecule has 0 bridgehead atoms. The van der Waals surface area contributed by atoms with Crippen molar-refractivity contribution in [1.82, 2.24) is 0 Å². The van der Waals surface area contributed by atoms with Crippen LogP contribution in [0.25, 0.3) is 0 Å². The summed E-state index contributed by atoms with van der Waals surface area (Å²) < 4.78 is 21.4. The lowest BCUT2D eigenvalue weighted by Gasteiger charge is -2.18. The first kappa shape index (κ1) is 35.6. The van der Waals surface area contributed by atoms with Crippen molar-refractivity contribution < 1.29 is 33.3 Å². The summed E-state index contributed by atoms with van der Waals surface area (Å²) in [6, 6.07) is 13.3. The standard InChI is InChI=1S/C34H50N2O7/c1-2-3-4-11-14-29(42-33(38)25-40-26-34(39)43-31-23-19-28(36)20-24-31)15-12-9-7-5-6-8-10-13-16-32(37)41-30-21-17-27(35)18-22-30/h17-24,29H,2-16,25-26,35-36H2,1H3/t29-/m1/s1. The molecule has 0 aliphatic carbocycles. The van der Waals surface area contributed by atoms with Gasteiger partial charge in [0.1, 0.15) is 30.8 Å². The third-order valence-electron chi connectivity index (χ3n) is 7.00. The van der Waals surface area contributed by atoms with E-state index in [9.17, 15) is 14.4 Å². The van der Waals surface area contributed by atoms with E-state index in [1.54, 1.807) is 48.5 Å².